The molecule has 0 radical (unpaired) electrons. The van der Waals surface area contributed by atoms with Gasteiger partial charge in [0.15, 0.2) is 11.5 Å². The van der Waals surface area contributed by atoms with E-state index < -0.39 is 0 Å². The summed E-state index contributed by atoms with van der Waals surface area (Å²) in [7, 11) is 0. The van der Waals surface area contributed by atoms with Crippen molar-refractivity contribution in [1.82, 2.24) is 10.2 Å². The molecule has 0 saturated carbocycles. The third-order valence-corrected chi connectivity index (χ3v) is 2.99. The van der Waals surface area contributed by atoms with Crippen LogP contribution in [0, 0.1) is 0 Å². The van der Waals surface area contributed by atoms with Crippen LogP contribution in [0.5, 0.6) is 11.5 Å². The molecule has 6 nitrogen and oxygen atoms in total. The molecule has 2 aromatic rings. The van der Waals surface area contributed by atoms with Crippen LogP contribution in [0.3, 0.4) is 0 Å². The van der Waals surface area contributed by atoms with Crippen LogP contribution in [0.25, 0.3) is 11.5 Å². The molecule has 6 heteroatoms. The van der Waals surface area contributed by atoms with Crippen LogP contribution in [-0.2, 0) is 0 Å². The Balaban J connectivity index is 1.91. The molecule has 1 aliphatic rings. The first-order chi connectivity index (χ1) is 9.28. The number of ether oxygens (including phenoxy) is 2. The summed E-state index contributed by atoms with van der Waals surface area (Å²) in [4.78, 5) is 0. The normalized spacial score (nSPS) is 15.3. The van der Waals surface area contributed by atoms with Crippen molar-refractivity contribution in [2.75, 3.05) is 13.2 Å². The summed E-state index contributed by atoms with van der Waals surface area (Å²) in [6, 6.07) is 5.32. The predicted octanol–water partition coefficient (Wildman–Crippen LogP) is 1.92. The zero-order valence-corrected chi connectivity index (χ0v) is 10.6. The summed E-state index contributed by atoms with van der Waals surface area (Å²) in [6.07, 6.45) is 0.753. The smallest absolute Gasteiger partial charge is 0.247 e. The zero-order chi connectivity index (χ0) is 13.2. The van der Waals surface area contributed by atoms with Crippen molar-refractivity contribution < 1.29 is 13.9 Å². The Bertz CT molecular complexity index is 582. The molecule has 1 aromatic heterocycles. The summed E-state index contributed by atoms with van der Waals surface area (Å²) in [5, 5.41) is 7.97. The monoisotopic (exact) mass is 261 g/mol. The first kappa shape index (κ1) is 12.0. The number of nitrogens with zero attached hydrogens (tertiary/aromatic N) is 2. The van der Waals surface area contributed by atoms with Gasteiger partial charge in [0.1, 0.15) is 13.2 Å². The third kappa shape index (κ3) is 2.26. The molecule has 0 spiro atoms. The Morgan fingerprint density at radius 3 is 2.79 bits per heavy atom. The Hall–Kier alpha value is -2.08. The molecular weight excluding hydrogens is 246 g/mol. The number of nitrogens with two attached hydrogens (primary N) is 1. The molecule has 0 saturated heterocycles. The lowest BCUT2D eigenvalue weighted by Gasteiger charge is -2.18. The van der Waals surface area contributed by atoms with Crippen LogP contribution in [0.2, 0.25) is 0 Å². The van der Waals surface area contributed by atoms with Gasteiger partial charge in [-0.25, -0.2) is 0 Å². The van der Waals surface area contributed by atoms with E-state index >= 15 is 0 Å². The van der Waals surface area contributed by atoms with E-state index in [1.54, 1.807) is 0 Å². The highest BCUT2D eigenvalue weighted by atomic mass is 16.6. The van der Waals surface area contributed by atoms with Crippen LogP contribution in [-0.4, -0.2) is 23.4 Å². The minimum Gasteiger partial charge on any atom is -0.486 e. The molecule has 1 aromatic carbocycles. The average Bonchev–Trinajstić information content (AvgIpc) is 2.95. The number of hydrogen-bond acceptors (Lipinski definition) is 6. The van der Waals surface area contributed by atoms with E-state index in [2.05, 4.69) is 10.2 Å². The Kier molecular flexibility index (Phi) is 3.08. The number of benzene rings is 1. The molecule has 2 heterocycles. The summed E-state index contributed by atoms with van der Waals surface area (Å²) in [5.41, 5.74) is 6.65. The van der Waals surface area contributed by atoms with Gasteiger partial charge < -0.3 is 19.6 Å². The van der Waals surface area contributed by atoms with Gasteiger partial charge in [0.05, 0.1) is 6.04 Å². The van der Waals surface area contributed by atoms with Crippen molar-refractivity contribution in [1.29, 1.82) is 0 Å². The van der Waals surface area contributed by atoms with E-state index in [9.17, 15) is 0 Å². The molecule has 1 unspecified atom stereocenters. The van der Waals surface area contributed by atoms with Crippen molar-refractivity contribution in [3.63, 3.8) is 0 Å². The Morgan fingerprint density at radius 2 is 2.00 bits per heavy atom. The quantitative estimate of drug-likeness (QED) is 0.908. The highest BCUT2D eigenvalue weighted by Crippen LogP contribution is 2.34. The maximum absolute atomic E-state index is 5.86. The van der Waals surface area contributed by atoms with Gasteiger partial charge in [-0.3, -0.25) is 0 Å². The topological polar surface area (TPSA) is 83.4 Å². The van der Waals surface area contributed by atoms with Crippen LogP contribution in [0.15, 0.2) is 22.6 Å². The van der Waals surface area contributed by atoms with E-state index in [1.165, 1.54) is 0 Å². The molecule has 0 amide bonds. The van der Waals surface area contributed by atoms with Crippen LogP contribution >= 0.6 is 0 Å². The lowest BCUT2D eigenvalue weighted by molar-refractivity contribution is 0.171. The van der Waals surface area contributed by atoms with Gasteiger partial charge in [-0.15, -0.1) is 10.2 Å². The summed E-state index contributed by atoms with van der Waals surface area (Å²) in [6.45, 7) is 3.09. The lowest BCUT2D eigenvalue weighted by atomic mass is 10.2. The summed E-state index contributed by atoms with van der Waals surface area (Å²) in [5.74, 6) is 2.33. The van der Waals surface area contributed by atoms with Gasteiger partial charge in [-0.1, -0.05) is 6.92 Å². The molecule has 0 aliphatic carbocycles. The average molecular weight is 261 g/mol. The second-order valence-corrected chi connectivity index (χ2v) is 4.32. The molecule has 1 atom stereocenters. The summed E-state index contributed by atoms with van der Waals surface area (Å²) < 4.78 is 16.6. The molecule has 3 rings (SSSR count). The Labute approximate surface area is 110 Å². The largest absolute Gasteiger partial charge is 0.486 e. The minimum atomic E-state index is -0.224. The van der Waals surface area contributed by atoms with Crippen molar-refractivity contribution in [3.8, 4) is 23.0 Å². The number of aromatic nitrogens is 2. The number of fused-ring (bicyclic) bond motifs is 1. The first-order valence-electron chi connectivity index (χ1n) is 6.27. The van der Waals surface area contributed by atoms with Crippen molar-refractivity contribution in [2.24, 2.45) is 5.73 Å². The molecular formula is C13H15N3O3. The lowest BCUT2D eigenvalue weighted by Crippen LogP contribution is -2.15. The molecule has 1 aliphatic heterocycles. The molecule has 19 heavy (non-hydrogen) atoms. The highest BCUT2D eigenvalue weighted by molar-refractivity contribution is 5.59. The third-order valence-electron chi connectivity index (χ3n) is 2.99. The minimum absolute atomic E-state index is 0.224. The molecule has 0 bridgehead atoms. The van der Waals surface area contributed by atoms with Gasteiger partial charge in [-0.2, -0.15) is 0 Å². The fourth-order valence-corrected chi connectivity index (χ4v) is 1.85. The highest BCUT2D eigenvalue weighted by Gasteiger charge is 2.17. The number of rotatable bonds is 3. The van der Waals surface area contributed by atoms with Crippen molar-refractivity contribution >= 4 is 0 Å². The second-order valence-electron chi connectivity index (χ2n) is 4.32. The van der Waals surface area contributed by atoms with Gasteiger partial charge in [-0.05, 0) is 24.6 Å². The zero-order valence-electron chi connectivity index (χ0n) is 10.6. The van der Waals surface area contributed by atoms with E-state index in [0.29, 0.717) is 30.7 Å². The maximum Gasteiger partial charge on any atom is 0.247 e. The summed E-state index contributed by atoms with van der Waals surface area (Å²) >= 11 is 0. The fourth-order valence-electron chi connectivity index (χ4n) is 1.85. The standard InChI is InChI=1S/C13H15N3O3/c1-2-9(14)13-16-15-12(19-13)8-3-4-10-11(7-8)18-6-5-17-10/h3-4,7,9H,2,5-6,14H2,1H3. The van der Waals surface area contributed by atoms with Crippen LogP contribution < -0.4 is 15.2 Å². The predicted molar refractivity (Wildman–Crippen MR) is 67.9 cm³/mol. The van der Waals surface area contributed by atoms with E-state index in [1.807, 2.05) is 25.1 Å². The van der Waals surface area contributed by atoms with Crippen LogP contribution in [0.4, 0.5) is 0 Å². The van der Waals surface area contributed by atoms with Gasteiger partial charge >= 0.3 is 0 Å². The van der Waals surface area contributed by atoms with E-state index in [4.69, 9.17) is 19.6 Å². The Morgan fingerprint density at radius 1 is 1.21 bits per heavy atom. The van der Waals surface area contributed by atoms with Crippen LogP contribution in [0.1, 0.15) is 25.3 Å². The maximum atomic E-state index is 5.86. The van der Waals surface area contributed by atoms with E-state index in [0.717, 1.165) is 17.7 Å². The van der Waals surface area contributed by atoms with E-state index in [-0.39, 0.29) is 6.04 Å². The fraction of sp³-hybridized carbons (Fsp3) is 0.385. The number of hydrogen-bond donors (Lipinski definition) is 1. The SMILES string of the molecule is CCC(N)c1nnc(-c2ccc3c(c2)OCCO3)o1. The molecule has 100 valence electrons. The van der Waals surface area contributed by atoms with Gasteiger partial charge in [0.2, 0.25) is 11.8 Å². The molecule has 0 fully saturated rings. The van der Waals surface area contributed by atoms with Crippen molar-refractivity contribution in [2.45, 2.75) is 19.4 Å². The molecule has 2 N–H and O–H groups in total. The van der Waals surface area contributed by atoms with Gasteiger partial charge in [0, 0.05) is 5.56 Å². The van der Waals surface area contributed by atoms with Gasteiger partial charge in [0.25, 0.3) is 0 Å². The second kappa shape index (κ2) is 4.89. The first-order valence-corrected chi connectivity index (χ1v) is 6.27. The van der Waals surface area contributed by atoms with Crippen molar-refractivity contribution in [3.05, 3.63) is 24.1 Å².